The van der Waals surface area contributed by atoms with Crippen LogP contribution in [-0.2, 0) is 0 Å². The lowest BCUT2D eigenvalue weighted by Gasteiger charge is -2.22. The molecule has 21 heavy (non-hydrogen) atoms. The van der Waals surface area contributed by atoms with Gasteiger partial charge in [0.15, 0.2) is 0 Å². The molecule has 0 spiro atoms. The lowest BCUT2D eigenvalue weighted by atomic mass is 9.95. The largest absolute Gasteiger partial charge is 0.497 e. The third-order valence-electron chi connectivity index (χ3n) is 5.49. The molecule has 1 N–H and O–H groups in total. The zero-order valence-corrected chi connectivity index (χ0v) is 13.7. The van der Waals surface area contributed by atoms with Crippen LogP contribution in [0.15, 0.2) is 12.1 Å². The predicted molar refractivity (Wildman–Crippen MR) is 80.4 cm³/mol. The summed E-state index contributed by atoms with van der Waals surface area (Å²) in [4.78, 5) is 0. The smallest absolute Gasteiger partial charge is 0.134 e. The van der Waals surface area contributed by atoms with Gasteiger partial charge < -0.3 is 10.1 Å². The Kier molecular flexibility index (Phi) is 4.04. The Bertz CT molecular complexity index is 503. The first-order valence-corrected chi connectivity index (χ1v) is 7.44. The summed E-state index contributed by atoms with van der Waals surface area (Å²) in [6.45, 7) is 11.2. The van der Waals surface area contributed by atoms with Crippen molar-refractivity contribution in [3.63, 3.8) is 0 Å². The van der Waals surface area contributed by atoms with Crippen LogP contribution >= 0.6 is 0 Å². The molecule has 4 heteroatoms. The summed E-state index contributed by atoms with van der Waals surface area (Å²) >= 11 is 0. The maximum absolute atomic E-state index is 14.4. The molecule has 1 aliphatic rings. The molecule has 1 saturated carbocycles. The monoisotopic (exact) mass is 297 g/mol. The van der Waals surface area contributed by atoms with E-state index in [0.29, 0.717) is 6.54 Å². The molecule has 1 fully saturated rings. The zero-order valence-electron chi connectivity index (χ0n) is 13.7. The maximum Gasteiger partial charge on any atom is 0.134 e. The van der Waals surface area contributed by atoms with Crippen LogP contribution in [0.3, 0.4) is 0 Å². The van der Waals surface area contributed by atoms with Crippen molar-refractivity contribution >= 4 is 0 Å². The Morgan fingerprint density at radius 3 is 1.95 bits per heavy atom. The second kappa shape index (κ2) is 5.24. The van der Waals surface area contributed by atoms with Crippen molar-refractivity contribution in [3.8, 4) is 5.75 Å². The molecular formula is C17H25F2NO. The first-order valence-electron chi connectivity index (χ1n) is 7.44. The van der Waals surface area contributed by atoms with Crippen molar-refractivity contribution in [3.05, 3.63) is 29.3 Å². The van der Waals surface area contributed by atoms with Crippen molar-refractivity contribution < 1.29 is 13.5 Å². The fraction of sp³-hybridized carbons (Fsp3) is 0.647. The van der Waals surface area contributed by atoms with Gasteiger partial charge in [-0.05, 0) is 23.3 Å². The highest BCUT2D eigenvalue weighted by atomic mass is 19.1. The Morgan fingerprint density at radius 1 is 1.14 bits per heavy atom. The molecule has 118 valence electrons. The van der Waals surface area contributed by atoms with Crippen LogP contribution in [0.2, 0.25) is 0 Å². The summed E-state index contributed by atoms with van der Waals surface area (Å²) in [7, 11) is 1.41. The topological polar surface area (TPSA) is 21.3 Å². The number of hydrogen-bond acceptors (Lipinski definition) is 2. The second-order valence-corrected chi connectivity index (χ2v) is 6.96. The number of halogens is 2. The summed E-state index contributed by atoms with van der Waals surface area (Å²) in [5.74, 6) is -0.701. The molecule has 1 unspecified atom stereocenters. The number of methoxy groups -OCH3 is 1. The fourth-order valence-corrected chi connectivity index (χ4v) is 3.66. The van der Waals surface area contributed by atoms with Gasteiger partial charge in [0.25, 0.3) is 0 Å². The van der Waals surface area contributed by atoms with Gasteiger partial charge in [0, 0.05) is 23.7 Å². The van der Waals surface area contributed by atoms with Crippen LogP contribution in [0, 0.1) is 28.4 Å². The Labute approximate surface area is 125 Å². The molecular weight excluding hydrogens is 272 g/mol. The van der Waals surface area contributed by atoms with Crippen molar-refractivity contribution in [2.24, 2.45) is 16.7 Å². The summed E-state index contributed by atoms with van der Waals surface area (Å²) in [6.07, 6.45) is 0. The summed E-state index contributed by atoms with van der Waals surface area (Å²) in [5.41, 5.74) is 0.207. The van der Waals surface area contributed by atoms with Gasteiger partial charge in [0.05, 0.1) is 7.11 Å². The molecule has 0 heterocycles. The molecule has 0 radical (unpaired) electrons. The predicted octanol–water partition coefficient (Wildman–Crippen LogP) is 4.31. The minimum absolute atomic E-state index is 0.0403. The molecule has 1 aromatic rings. The fourth-order valence-electron chi connectivity index (χ4n) is 3.66. The van der Waals surface area contributed by atoms with Crippen molar-refractivity contribution in [1.82, 2.24) is 5.32 Å². The van der Waals surface area contributed by atoms with Crippen LogP contribution in [-0.4, -0.2) is 13.7 Å². The van der Waals surface area contributed by atoms with Gasteiger partial charge in [-0.3, -0.25) is 0 Å². The molecule has 2 rings (SSSR count). The second-order valence-electron chi connectivity index (χ2n) is 6.96. The van der Waals surface area contributed by atoms with Gasteiger partial charge in [-0.15, -0.1) is 0 Å². The number of ether oxygens (including phenoxy) is 1. The Hall–Kier alpha value is -1.16. The van der Waals surface area contributed by atoms with Gasteiger partial charge >= 0.3 is 0 Å². The highest BCUT2D eigenvalue weighted by Gasteiger charge is 2.67. The van der Waals surface area contributed by atoms with E-state index in [2.05, 4.69) is 33.0 Å². The van der Waals surface area contributed by atoms with Crippen LogP contribution in [0.1, 0.15) is 46.2 Å². The molecule has 0 bridgehead atoms. The Balaban J connectivity index is 2.46. The van der Waals surface area contributed by atoms with E-state index in [1.54, 1.807) is 0 Å². The van der Waals surface area contributed by atoms with Crippen LogP contribution in [0.5, 0.6) is 5.75 Å². The molecule has 0 saturated heterocycles. The van der Waals surface area contributed by atoms with E-state index >= 15 is 0 Å². The van der Waals surface area contributed by atoms with Crippen LogP contribution in [0.4, 0.5) is 8.78 Å². The maximum atomic E-state index is 14.4. The molecule has 0 aromatic heterocycles. The lowest BCUT2D eigenvalue weighted by Crippen LogP contribution is -2.27. The van der Waals surface area contributed by atoms with E-state index in [4.69, 9.17) is 4.74 Å². The summed E-state index contributed by atoms with van der Waals surface area (Å²) < 4.78 is 33.7. The van der Waals surface area contributed by atoms with Crippen LogP contribution in [0.25, 0.3) is 0 Å². The lowest BCUT2D eigenvalue weighted by molar-refractivity contribution is 0.375. The molecule has 1 aromatic carbocycles. The van der Waals surface area contributed by atoms with Crippen molar-refractivity contribution in [2.45, 2.75) is 40.7 Å². The SMILES string of the molecule is CCNC(c1c(F)cc(OC)cc1F)C1C(C)(C)C1(C)C. The minimum Gasteiger partial charge on any atom is -0.497 e. The van der Waals surface area contributed by atoms with E-state index in [-0.39, 0.29) is 34.1 Å². The quantitative estimate of drug-likeness (QED) is 0.874. The molecule has 0 aliphatic heterocycles. The summed E-state index contributed by atoms with van der Waals surface area (Å²) in [6, 6.07) is 2.18. The van der Waals surface area contributed by atoms with E-state index in [9.17, 15) is 8.78 Å². The number of rotatable bonds is 5. The van der Waals surface area contributed by atoms with Gasteiger partial charge in [-0.25, -0.2) is 8.78 Å². The first-order chi connectivity index (χ1) is 9.68. The number of nitrogens with one attached hydrogen (secondary N) is 1. The van der Waals surface area contributed by atoms with E-state index < -0.39 is 11.6 Å². The average molecular weight is 297 g/mol. The zero-order chi connectivity index (χ0) is 16.0. The van der Waals surface area contributed by atoms with E-state index in [1.807, 2.05) is 6.92 Å². The molecule has 1 atom stereocenters. The van der Waals surface area contributed by atoms with Crippen molar-refractivity contribution in [1.29, 1.82) is 0 Å². The minimum atomic E-state index is -0.545. The highest BCUT2D eigenvalue weighted by Crippen LogP contribution is 2.72. The molecule has 2 nitrogen and oxygen atoms in total. The average Bonchev–Trinajstić information content (AvgIpc) is 2.77. The van der Waals surface area contributed by atoms with Crippen LogP contribution < -0.4 is 10.1 Å². The highest BCUT2D eigenvalue weighted by molar-refractivity contribution is 5.35. The third kappa shape index (κ3) is 2.44. The first kappa shape index (κ1) is 16.2. The van der Waals surface area contributed by atoms with Gasteiger partial charge in [-0.1, -0.05) is 34.6 Å². The standard InChI is InChI=1S/C17H25F2NO/c1-7-20-14(15-16(2,3)17(15,4)5)13-11(18)8-10(21-6)9-12(13)19/h8-9,14-15,20H,7H2,1-6H3. The Morgan fingerprint density at radius 2 is 1.62 bits per heavy atom. The van der Waals surface area contributed by atoms with E-state index in [0.717, 1.165) is 0 Å². The molecule has 1 aliphatic carbocycles. The number of benzene rings is 1. The van der Waals surface area contributed by atoms with E-state index in [1.165, 1.54) is 19.2 Å². The van der Waals surface area contributed by atoms with Crippen molar-refractivity contribution in [2.75, 3.05) is 13.7 Å². The van der Waals surface area contributed by atoms with Gasteiger partial charge in [0.2, 0.25) is 0 Å². The number of hydrogen-bond donors (Lipinski definition) is 1. The summed E-state index contributed by atoms with van der Waals surface area (Å²) in [5, 5.41) is 3.27. The third-order valence-corrected chi connectivity index (χ3v) is 5.49. The molecule has 0 amide bonds. The van der Waals surface area contributed by atoms with Gasteiger partial charge in [0.1, 0.15) is 17.4 Å². The normalized spacial score (nSPS) is 21.1. The van der Waals surface area contributed by atoms with Gasteiger partial charge in [-0.2, -0.15) is 0 Å².